The van der Waals surface area contributed by atoms with Gasteiger partial charge in [-0.25, -0.2) is 4.99 Å². The zero-order valence-electron chi connectivity index (χ0n) is 9.78. The van der Waals surface area contributed by atoms with E-state index in [1.165, 1.54) is 5.56 Å². The Morgan fingerprint density at radius 2 is 2.00 bits per heavy atom. The molecule has 0 fully saturated rings. The third-order valence-electron chi connectivity index (χ3n) is 2.68. The summed E-state index contributed by atoms with van der Waals surface area (Å²) in [6, 6.07) is 3.86. The quantitative estimate of drug-likeness (QED) is 0.441. The summed E-state index contributed by atoms with van der Waals surface area (Å²) in [4.78, 5) is 7.95. The number of benzene rings is 1. The molecule has 18 heavy (non-hydrogen) atoms. The monoisotopic (exact) mass is 310 g/mol. The van der Waals surface area contributed by atoms with Crippen molar-refractivity contribution >= 4 is 33.5 Å². The Balaban J connectivity index is 2.43. The fourth-order valence-corrected chi connectivity index (χ4v) is 2.50. The summed E-state index contributed by atoms with van der Waals surface area (Å²) >= 11 is 3.55. The van der Waals surface area contributed by atoms with E-state index in [-0.39, 0.29) is 11.9 Å². The summed E-state index contributed by atoms with van der Waals surface area (Å²) in [7, 11) is 0. The molecule has 0 saturated carbocycles. The molecule has 2 rings (SSSR count). The number of nitrogens with zero attached hydrogens (tertiary/aromatic N) is 2. The van der Waals surface area contributed by atoms with Crippen molar-refractivity contribution in [2.45, 2.75) is 13.0 Å². The number of guanidine groups is 2. The van der Waals surface area contributed by atoms with E-state index in [2.05, 4.69) is 31.2 Å². The summed E-state index contributed by atoms with van der Waals surface area (Å²) < 4.78 is 1.10. The van der Waals surface area contributed by atoms with Crippen molar-refractivity contribution in [2.24, 2.45) is 27.2 Å². The second-order valence-corrected chi connectivity index (χ2v) is 4.81. The van der Waals surface area contributed by atoms with Crippen molar-refractivity contribution in [3.8, 4) is 0 Å². The predicted molar refractivity (Wildman–Crippen MR) is 76.6 cm³/mol. The normalized spacial score (nSPS) is 15.1. The molecule has 1 heterocycles. The molecular weight excluding hydrogens is 296 g/mol. The Kier molecular flexibility index (Phi) is 3.83. The molecule has 0 spiro atoms. The standard InChI is InChI=1S/C11H15BrN6/c12-8-1-2-9(17-11(15)18-10(13)14)7-5-16-4-3-6(7)8/h1-2,16H,3-5H2,(H6,13,14,15,17,18). The summed E-state index contributed by atoms with van der Waals surface area (Å²) in [5, 5.41) is 3.31. The van der Waals surface area contributed by atoms with Gasteiger partial charge in [0.25, 0.3) is 0 Å². The highest BCUT2D eigenvalue weighted by Gasteiger charge is 2.15. The second kappa shape index (κ2) is 5.36. The maximum absolute atomic E-state index is 5.65. The highest BCUT2D eigenvalue weighted by atomic mass is 79.9. The molecule has 0 atom stereocenters. The van der Waals surface area contributed by atoms with E-state index in [4.69, 9.17) is 17.2 Å². The van der Waals surface area contributed by atoms with Crippen LogP contribution in [0.25, 0.3) is 0 Å². The van der Waals surface area contributed by atoms with Gasteiger partial charge in [0.15, 0.2) is 5.96 Å². The van der Waals surface area contributed by atoms with Crippen molar-refractivity contribution in [2.75, 3.05) is 6.54 Å². The number of hydrogen-bond acceptors (Lipinski definition) is 2. The summed E-state index contributed by atoms with van der Waals surface area (Å²) in [6.45, 7) is 1.73. The number of halogens is 1. The lowest BCUT2D eigenvalue weighted by Crippen LogP contribution is -2.26. The summed E-state index contributed by atoms with van der Waals surface area (Å²) in [6.07, 6.45) is 0.960. The molecule has 0 aliphatic carbocycles. The average Bonchev–Trinajstić information content (AvgIpc) is 2.32. The molecule has 7 N–H and O–H groups in total. The predicted octanol–water partition coefficient (Wildman–Crippen LogP) is 0.314. The van der Waals surface area contributed by atoms with Crippen molar-refractivity contribution in [1.29, 1.82) is 0 Å². The molecule has 0 radical (unpaired) electrons. The van der Waals surface area contributed by atoms with Gasteiger partial charge >= 0.3 is 0 Å². The molecule has 0 amide bonds. The number of nitrogens with two attached hydrogens (primary N) is 3. The molecule has 7 heteroatoms. The van der Waals surface area contributed by atoms with Crippen LogP contribution >= 0.6 is 15.9 Å². The van der Waals surface area contributed by atoms with E-state index in [1.54, 1.807) is 0 Å². The summed E-state index contributed by atoms with van der Waals surface area (Å²) in [5.41, 5.74) is 19.3. The Bertz CT molecular complexity index is 519. The summed E-state index contributed by atoms with van der Waals surface area (Å²) in [5.74, 6) is -0.0366. The van der Waals surface area contributed by atoms with Crippen LogP contribution in [-0.2, 0) is 13.0 Å². The first-order valence-corrected chi connectivity index (χ1v) is 6.32. The van der Waals surface area contributed by atoms with Crippen LogP contribution in [0.4, 0.5) is 5.69 Å². The first-order valence-electron chi connectivity index (χ1n) is 5.52. The molecule has 0 unspecified atom stereocenters. The lowest BCUT2D eigenvalue weighted by Gasteiger charge is -2.20. The van der Waals surface area contributed by atoms with E-state index >= 15 is 0 Å². The van der Waals surface area contributed by atoms with Gasteiger partial charge in [-0.3, -0.25) is 0 Å². The molecule has 1 aliphatic heterocycles. The van der Waals surface area contributed by atoms with Gasteiger partial charge in [0.1, 0.15) is 0 Å². The van der Waals surface area contributed by atoms with Gasteiger partial charge in [-0.1, -0.05) is 15.9 Å². The topological polar surface area (TPSA) is 115 Å². The smallest absolute Gasteiger partial charge is 0.223 e. The minimum absolute atomic E-state index is 0.0603. The van der Waals surface area contributed by atoms with Crippen molar-refractivity contribution in [3.05, 3.63) is 27.7 Å². The number of rotatable bonds is 1. The van der Waals surface area contributed by atoms with Crippen LogP contribution in [0.1, 0.15) is 11.1 Å². The number of hydrogen-bond donors (Lipinski definition) is 4. The van der Waals surface area contributed by atoms with Gasteiger partial charge < -0.3 is 22.5 Å². The van der Waals surface area contributed by atoms with E-state index in [0.29, 0.717) is 0 Å². The first-order chi connectivity index (χ1) is 8.58. The van der Waals surface area contributed by atoms with Crippen LogP contribution in [0.5, 0.6) is 0 Å². The molecule has 0 aromatic heterocycles. The molecular formula is C11H15BrN6. The van der Waals surface area contributed by atoms with Gasteiger partial charge in [-0.15, -0.1) is 0 Å². The largest absolute Gasteiger partial charge is 0.370 e. The van der Waals surface area contributed by atoms with Crippen molar-refractivity contribution in [1.82, 2.24) is 5.32 Å². The van der Waals surface area contributed by atoms with Crippen LogP contribution in [0.15, 0.2) is 26.6 Å². The highest BCUT2D eigenvalue weighted by molar-refractivity contribution is 9.10. The lowest BCUT2D eigenvalue weighted by atomic mass is 9.99. The second-order valence-electron chi connectivity index (χ2n) is 3.96. The molecule has 0 saturated heterocycles. The van der Waals surface area contributed by atoms with Crippen LogP contribution in [-0.4, -0.2) is 18.5 Å². The Hall–Kier alpha value is -1.60. The van der Waals surface area contributed by atoms with Crippen LogP contribution < -0.4 is 22.5 Å². The number of nitrogens with one attached hydrogen (secondary N) is 1. The lowest BCUT2D eigenvalue weighted by molar-refractivity contribution is 0.642. The maximum Gasteiger partial charge on any atom is 0.223 e. The van der Waals surface area contributed by atoms with Crippen LogP contribution in [0.2, 0.25) is 0 Å². The molecule has 1 aliphatic rings. The van der Waals surface area contributed by atoms with E-state index in [1.807, 2.05) is 12.1 Å². The van der Waals surface area contributed by atoms with Crippen molar-refractivity contribution < 1.29 is 0 Å². The number of aliphatic imine (C=N–C) groups is 2. The van der Waals surface area contributed by atoms with E-state index in [9.17, 15) is 0 Å². The van der Waals surface area contributed by atoms with Crippen LogP contribution in [0.3, 0.4) is 0 Å². The first kappa shape index (κ1) is 12.8. The fraction of sp³-hybridized carbons (Fsp3) is 0.273. The molecule has 1 aromatic rings. The SMILES string of the molecule is NC(N)=NC(N)=Nc1ccc(Br)c2c1CNCC2. The highest BCUT2D eigenvalue weighted by Crippen LogP contribution is 2.31. The zero-order valence-corrected chi connectivity index (χ0v) is 11.4. The minimum Gasteiger partial charge on any atom is -0.370 e. The van der Waals surface area contributed by atoms with Crippen LogP contribution in [0, 0.1) is 0 Å². The van der Waals surface area contributed by atoms with Gasteiger partial charge in [-0.2, -0.15) is 4.99 Å². The minimum atomic E-state index is -0.0969. The fourth-order valence-electron chi connectivity index (χ4n) is 1.93. The maximum atomic E-state index is 5.65. The Morgan fingerprint density at radius 3 is 2.72 bits per heavy atom. The Morgan fingerprint density at radius 1 is 1.22 bits per heavy atom. The molecule has 1 aromatic carbocycles. The molecule has 0 bridgehead atoms. The van der Waals surface area contributed by atoms with Gasteiger partial charge in [0.2, 0.25) is 5.96 Å². The average molecular weight is 311 g/mol. The van der Waals surface area contributed by atoms with Gasteiger partial charge in [-0.05, 0) is 36.2 Å². The Labute approximate surface area is 113 Å². The number of fused-ring (bicyclic) bond motifs is 1. The van der Waals surface area contributed by atoms with Gasteiger partial charge in [0, 0.05) is 11.0 Å². The van der Waals surface area contributed by atoms with E-state index < -0.39 is 0 Å². The third kappa shape index (κ3) is 2.80. The van der Waals surface area contributed by atoms with E-state index in [0.717, 1.165) is 35.2 Å². The zero-order chi connectivity index (χ0) is 13.1. The molecule has 96 valence electrons. The third-order valence-corrected chi connectivity index (χ3v) is 3.42. The van der Waals surface area contributed by atoms with Gasteiger partial charge in [0.05, 0.1) is 5.69 Å². The molecule has 6 nitrogen and oxygen atoms in total. The van der Waals surface area contributed by atoms with Crippen molar-refractivity contribution in [3.63, 3.8) is 0 Å².